The van der Waals surface area contributed by atoms with Crippen LogP contribution in [0.4, 0.5) is 0 Å². The van der Waals surface area contributed by atoms with Gasteiger partial charge in [0.25, 0.3) is 0 Å². The van der Waals surface area contributed by atoms with Crippen LogP contribution < -0.4 is 0 Å². The zero-order valence-electron chi connectivity index (χ0n) is 26.1. The molecule has 2 aliphatic rings. The van der Waals surface area contributed by atoms with Gasteiger partial charge in [-0.25, -0.2) is 0 Å². The molecule has 2 rings (SSSR count). The molecule has 14 nitrogen and oxygen atoms in total. The van der Waals surface area contributed by atoms with Gasteiger partial charge in [-0.3, -0.25) is 14.4 Å². The number of carbonyl (C=O) groups is 3. The minimum Gasteiger partial charge on any atom is -0.455 e. The summed E-state index contributed by atoms with van der Waals surface area (Å²) < 4.78 is 34.5. The molecule has 0 aliphatic carbocycles. The van der Waals surface area contributed by atoms with Gasteiger partial charge in [0.15, 0.2) is 18.3 Å². The van der Waals surface area contributed by atoms with E-state index in [0.29, 0.717) is 19.3 Å². The molecule has 0 bridgehead atoms. The molecular weight excluding hydrogens is 584 g/mol. The molecule has 0 radical (unpaired) electrons. The number of aliphatic hydroxyl groups is 5. The fraction of sp³-hybridized carbons (Fsp3) is 0.900. The molecule has 0 aromatic heterocycles. The van der Waals surface area contributed by atoms with Crippen molar-refractivity contribution in [1.82, 2.24) is 0 Å². The quantitative estimate of drug-likeness (QED) is 0.0718. The summed E-state index contributed by atoms with van der Waals surface area (Å²) in [6.07, 6.45) is -6.12. The van der Waals surface area contributed by atoms with E-state index in [0.717, 1.165) is 38.5 Å². The summed E-state index contributed by atoms with van der Waals surface area (Å²) in [5.41, 5.74) is 0. The topological polar surface area (TPSA) is 208 Å². The monoisotopic (exact) mass is 636 g/mol. The van der Waals surface area contributed by atoms with E-state index in [4.69, 9.17) is 28.4 Å². The number of unbranched alkanes of at least 4 members (excludes halogenated alkanes) is 6. The predicted molar refractivity (Wildman–Crippen MR) is 153 cm³/mol. The van der Waals surface area contributed by atoms with Gasteiger partial charge >= 0.3 is 17.9 Å². The van der Waals surface area contributed by atoms with Gasteiger partial charge in [0.1, 0.15) is 31.0 Å². The fourth-order valence-electron chi connectivity index (χ4n) is 5.18. The molecule has 0 unspecified atom stereocenters. The molecule has 0 spiro atoms. The predicted octanol–water partition coefficient (Wildman–Crippen LogP) is 0.998. The second-order valence-electron chi connectivity index (χ2n) is 11.3. The van der Waals surface area contributed by atoms with Crippen molar-refractivity contribution >= 4 is 17.9 Å². The number of hydrogen-bond acceptors (Lipinski definition) is 14. The summed E-state index contributed by atoms with van der Waals surface area (Å²) in [6.45, 7) is 3.40. The van der Waals surface area contributed by atoms with Crippen molar-refractivity contribution in [3.05, 3.63) is 0 Å². The Morgan fingerprint density at radius 2 is 1.11 bits per heavy atom. The Balaban J connectivity index is 2.49. The van der Waals surface area contributed by atoms with E-state index in [2.05, 4.69) is 0 Å². The molecule has 2 fully saturated rings. The van der Waals surface area contributed by atoms with Crippen molar-refractivity contribution in [2.24, 2.45) is 0 Å². The smallest absolute Gasteiger partial charge is 0.306 e. The zero-order chi connectivity index (χ0) is 32.7. The summed E-state index contributed by atoms with van der Waals surface area (Å²) in [5.74, 6) is -4.38. The molecule has 0 saturated carbocycles. The Hall–Kier alpha value is -1.91. The number of esters is 3. The van der Waals surface area contributed by atoms with Crippen LogP contribution >= 0.6 is 0 Å². The van der Waals surface area contributed by atoms with Gasteiger partial charge in [0.05, 0.1) is 13.2 Å². The first kappa shape index (κ1) is 38.3. The highest BCUT2D eigenvalue weighted by Crippen LogP contribution is 2.38. The Morgan fingerprint density at radius 3 is 1.52 bits per heavy atom. The second-order valence-corrected chi connectivity index (χ2v) is 11.3. The van der Waals surface area contributed by atoms with Crippen LogP contribution in [0.1, 0.15) is 97.8 Å². The maximum absolute atomic E-state index is 13.0. The third-order valence-corrected chi connectivity index (χ3v) is 7.75. The minimum absolute atomic E-state index is 0.00526. The van der Waals surface area contributed by atoms with Gasteiger partial charge in [-0.2, -0.15) is 0 Å². The summed E-state index contributed by atoms with van der Waals surface area (Å²) in [4.78, 5) is 38.8. The van der Waals surface area contributed by atoms with Gasteiger partial charge in [-0.1, -0.05) is 59.3 Å². The maximum atomic E-state index is 13.0. The van der Waals surface area contributed by atoms with E-state index in [1.165, 1.54) is 0 Å². The normalized spacial score (nSPS) is 31.9. The molecular formula is C30H52O14. The highest BCUT2D eigenvalue weighted by Gasteiger charge is 2.60. The van der Waals surface area contributed by atoms with Gasteiger partial charge in [0, 0.05) is 19.3 Å². The van der Waals surface area contributed by atoms with Crippen LogP contribution in [-0.4, -0.2) is 118 Å². The third-order valence-electron chi connectivity index (χ3n) is 7.75. The minimum atomic E-state index is -2.36. The van der Waals surface area contributed by atoms with Crippen LogP contribution in [0.15, 0.2) is 0 Å². The van der Waals surface area contributed by atoms with Crippen LogP contribution in [0.3, 0.4) is 0 Å². The van der Waals surface area contributed by atoms with Gasteiger partial charge < -0.3 is 54.0 Å². The van der Waals surface area contributed by atoms with Crippen LogP contribution in [0.5, 0.6) is 0 Å². The lowest BCUT2D eigenvalue weighted by molar-refractivity contribution is -0.384. The van der Waals surface area contributed by atoms with Crippen LogP contribution in [0.25, 0.3) is 0 Å². The Bertz CT molecular complexity index is 871. The highest BCUT2D eigenvalue weighted by atomic mass is 16.8. The number of hydrogen-bond donors (Lipinski definition) is 5. The largest absolute Gasteiger partial charge is 0.455 e. The molecule has 0 amide bonds. The van der Waals surface area contributed by atoms with Crippen molar-refractivity contribution < 1.29 is 68.3 Å². The summed E-state index contributed by atoms with van der Waals surface area (Å²) in [7, 11) is 0. The number of aliphatic hydroxyl groups excluding tert-OH is 5. The lowest BCUT2D eigenvalue weighted by atomic mass is 9.97. The summed E-state index contributed by atoms with van der Waals surface area (Å²) >= 11 is 0. The Kier molecular flexibility index (Phi) is 17.0. The average molecular weight is 637 g/mol. The SMILES string of the molecule is CCCCCC(=O)O[C@@H]1[C@@H](OC(=O)CCCCC)[C@@H](O[C@]2(CO)O[C@H](CO)[C@@H](O)[C@@H]2O)O[C@H](CO)[C@H]1OC(=O)CCCCC. The molecule has 0 aromatic rings. The first-order valence-corrected chi connectivity index (χ1v) is 15.9. The summed E-state index contributed by atoms with van der Waals surface area (Å²) in [5, 5.41) is 51.2. The highest BCUT2D eigenvalue weighted by molar-refractivity contribution is 5.71. The van der Waals surface area contributed by atoms with E-state index >= 15 is 0 Å². The number of rotatable bonds is 20. The molecule has 44 heavy (non-hydrogen) atoms. The van der Waals surface area contributed by atoms with E-state index in [-0.39, 0.29) is 19.3 Å². The summed E-state index contributed by atoms with van der Waals surface area (Å²) in [6, 6.07) is 0. The Labute approximate surface area is 258 Å². The van der Waals surface area contributed by atoms with Crippen LogP contribution in [-0.2, 0) is 42.8 Å². The molecule has 9 atom stereocenters. The molecule has 2 heterocycles. The number of ether oxygens (including phenoxy) is 6. The fourth-order valence-corrected chi connectivity index (χ4v) is 5.18. The molecule has 5 N–H and O–H groups in total. The second kappa shape index (κ2) is 19.6. The molecule has 2 aliphatic heterocycles. The average Bonchev–Trinajstić information content (AvgIpc) is 3.25. The molecule has 0 aromatic carbocycles. The van der Waals surface area contributed by atoms with Crippen LogP contribution in [0.2, 0.25) is 0 Å². The zero-order valence-corrected chi connectivity index (χ0v) is 26.1. The van der Waals surface area contributed by atoms with Crippen LogP contribution in [0, 0.1) is 0 Å². The lowest BCUT2D eigenvalue weighted by Gasteiger charge is -2.46. The Morgan fingerprint density at radius 1 is 0.659 bits per heavy atom. The molecule has 14 heteroatoms. The molecule has 256 valence electrons. The van der Waals surface area contributed by atoms with Crippen molar-refractivity contribution in [1.29, 1.82) is 0 Å². The van der Waals surface area contributed by atoms with Crippen molar-refractivity contribution in [3.63, 3.8) is 0 Å². The van der Waals surface area contributed by atoms with E-state index in [1.807, 2.05) is 20.8 Å². The standard InChI is InChI=1S/C30H52O14/c1-4-7-10-13-21(34)40-25-20(17-32)39-29(44-30(18-33)28(38)24(37)19(16-31)43-30)27(42-23(36)15-12-9-6-3)26(25)41-22(35)14-11-8-5-2/h19-20,24-29,31-33,37-38H,4-18H2,1-3H3/t19-,20-,24-,25-,26+,27-,28+,29-,30+/m1/s1. The maximum Gasteiger partial charge on any atom is 0.306 e. The van der Waals surface area contributed by atoms with Gasteiger partial charge in [-0.15, -0.1) is 0 Å². The van der Waals surface area contributed by atoms with Crippen molar-refractivity contribution in [2.45, 2.75) is 153 Å². The van der Waals surface area contributed by atoms with Gasteiger partial charge in [-0.05, 0) is 19.3 Å². The van der Waals surface area contributed by atoms with Crippen molar-refractivity contribution in [2.75, 3.05) is 19.8 Å². The van der Waals surface area contributed by atoms with E-state index in [1.54, 1.807) is 0 Å². The van der Waals surface area contributed by atoms with E-state index in [9.17, 15) is 39.9 Å². The van der Waals surface area contributed by atoms with Gasteiger partial charge in [0.2, 0.25) is 12.1 Å². The lowest BCUT2D eigenvalue weighted by Crippen LogP contribution is -2.65. The van der Waals surface area contributed by atoms with Crippen molar-refractivity contribution in [3.8, 4) is 0 Å². The first-order chi connectivity index (χ1) is 21.1. The third kappa shape index (κ3) is 10.6. The first-order valence-electron chi connectivity index (χ1n) is 15.9. The number of carbonyl (C=O) groups excluding carboxylic acids is 3. The molecule has 2 saturated heterocycles. The van der Waals surface area contributed by atoms with E-state index < -0.39 is 92.5 Å².